The fraction of sp³-hybridized carbons (Fsp3) is 0.412. The fourth-order valence-corrected chi connectivity index (χ4v) is 3.66. The van der Waals surface area contributed by atoms with Crippen LogP contribution in [0.5, 0.6) is 0 Å². The lowest BCUT2D eigenvalue weighted by atomic mass is 9.92. The van der Waals surface area contributed by atoms with E-state index in [0.29, 0.717) is 16.3 Å². The van der Waals surface area contributed by atoms with Gasteiger partial charge in [-0.25, -0.2) is 9.37 Å². The number of carbonyl (C=O) groups is 1. The first kappa shape index (κ1) is 16.1. The molecule has 0 spiro atoms. The highest BCUT2D eigenvalue weighted by atomic mass is 32.1. The standard InChI is InChI=1S/C17H19FN2O2S/c18-12-5-3-4-11(8-12)17-19-13(10-23-17)9-16(22)20-14-6-1-2-7-15(14)21/h3-5,8,10,14-15,21H,1-2,6-7,9H2,(H,20,22). The Hall–Kier alpha value is -1.79. The molecule has 6 heteroatoms. The van der Waals surface area contributed by atoms with Crippen LogP contribution in [0.25, 0.3) is 10.6 Å². The van der Waals surface area contributed by atoms with Crippen LogP contribution in [0.2, 0.25) is 0 Å². The molecule has 1 aromatic heterocycles. The third-order valence-corrected chi connectivity index (χ3v) is 4.98. The number of nitrogens with one attached hydrogen (secondary N) is 1. The van der Waals surface area contributed by atoms with Gasteiger partial charge in [0.1, 0.15) is 10.8 Å². The Kier molecular flexibility index (Phi) is 5.03. The molecule has 1 fully saturated rings. The molecule has 1 amide bonds. The predicted octanol–water partition coefficient (Wildman–Crippen LogP) is 2.91. The molecule has 1 aliphatic carbocycles. The average Bonchev–Trinajstić information content (AvgIpc) is 2.98. The second-order valence-corrected chi connectivity index (χ2v) is 6.72. The van der Waals surface area contributed by atoms with Gasteiger partial charge in [0, 0.05) is 10.9 Å². The van der Waals surface area contributed by atoms with E-state index in [1.807, 2.05) is 5.38 Å². The Bertz CT molecular complexity index is 689. The molecule has 2 aromatic rings. The molecule has 1 heterocycles. The Labute approximate surface area is 138 Å². The molecule has 0 aliphatic heterocycles. The number of nitrogens with zero attached hydrogens (tertiary/aromatic N) is 1. The highest BCUT2D eigenvalue weighted by Gasteiger charge is 2.24. The molecule has 0 radical (unpaired) electrons. The number of aliphatic hydroxyl groups excluding tert-OH is 1. The van der Waals surface area contributed by atoms with Crippen molar-refractivity contribution in [3.05, 3.63) is 41.2 Å². The maximum Gasteiger partial charge on any atom is 0.226 e. The van der Waals surface area contributed by atoms with Crippen molar-refractivity contribution in [2.24, 2.45) is 0 Å². The summed E-state index contributed by atoms with van der Waals surface area (Å²) in [5.41, 5.74) is 1.38. The van der Waals surface area contributed by atoms with Gasteiger partial charge in [-0.15, -0.1) is 11.3 Å². The lowest BCUT2D eigenvalue weighted by Crippen LogP contribution is -2.45. The maximum absolute atomic E-state index is 13.3. The number of benzene rings is 1. The van der Waals surface area contributed by atoms with Gasteiger partial charge in [0.2, 0.25) is 5.91 Å². The first-order valence-electron chi connectivity index (χ1n) is 7.79. The third kappa shape index (κ3) is 4.14. The van der Waals surface area contributed by atoms with Crippen LogP contribution in [0.1, 0.15) is 31.4 Å². The molecule has 0 bridgehead atoms. The van der Waals surface area contributed by atoms with E-state index < -0.39 is 6.10 Å². The molecule has 0 saturated heterocycles. The van der Waals surface area contributed by atoms with Crippen LogP contribution >= 0.6 is 11.3 Å². The summed E-state index contributed by atoms with van der Waals surface area (Å²) in [5, 5.41) is 15.3. The molecule has 2 unspecified atom stereocenters. The summed E-state index contributed by atoms with van der Waals surface area (Å²) in [7, 11) is 0. The summed E-state index contributed by atoms with van der Waals surface area (Å²) in [5.74, 6) is -0.435. The zero-order chi connectivity index (χ0) is 16.2. The Morgan fingerprint density at radius 1 is 1.39 bits per heavy atom. The van der Waals surface area contributed by atoms with E-state index in [4.69, 9.17) is 0 Å². The van der Waals surface area contributed by atoms with Crippen molar-refractivity contribution in [2.45, 2.75) is 44.2 Å². The van der Waals surface area contributed by atoms with Gasteiger partial charge < -0.3 is 10.4 Å². The van der Waals surface area contributed by atoms with Crippen LogP contribution < -0.4 is 5.32 Å². The van der Waals surface area contributed by atoms with E-state index in [0.717, 1.165) is 25.7 Å². The van der Waals surface area contributed by atoms with Gasteiger partial charge in [-0.1, -0.05) is 25.0 Å². The minimum absolute atomic E-state index is 0.132. The Balaban J connectivity index is 1.61. The van der Waals surface area contributed by atoms with Crippen molar-refractivity contribution < 1.29 is 14.3 Å². The van der Waals surface area contributed by atoms with Crippen molar-refractivity contribution in [2.75, 3.05) is 0 Å². The molecule has 1 saturated carbocycles. The van der Waals surface area contributed by atoms with E-state index in [1.54, 1.807) is 12.1 Å². The maximum atomic E-state index is 13.3. The van der Waals surface area contributed by atoms with Crippen LogP contribution in [0.3, 0.4) is 0 Å². The minimum atomic E-state index is -0.453. The van der Waals surface area contributed by atoms with E-state index in [9.17, 15) is 14.3 Å². The molecule has 3 rings (SSSR count). The first-order chi connectivity index (χ1) is 11.1. The van der Waals surface area contributed by atoms with Gasteiger partial charge in [0.05, 0.1) is 24.3 Å². The smallest absolute Gasteiger partial charge is 0.226 e. The molecule has 1 aliphatic rings. The zero-order valence-electron chi connectivity index (χ0n) is 12.7. The van der Waals surface area contributed by atoms with Crippen molar-refractivity contribution in [1.29, 1.82) is 0 Å². The molecular weight excluding hydrogens is 315 g/mol. The van der Waals surface area contributed by atoms with Gasteiger partial charge in [0.25, 0.3) is 0 Å². The number of thiazole rings is 1. The molecular formula is C17H19FN2O2S. The van der Waals surface area contributed by atoms with Crippen molar-refractivity contribution in [3.8, 4) is 10.6 Å². The summed E-state index contributed by atoms with van der Waals surface area (Å²) in [6, 6.07) is 6.10. The summed E-state index contributed by atoms with van der Waals surface area (Å²) < 4.78 is 13.3. The zero-order valence-corrected chi connectivity index (χ0v) is 13.5. The lowest BCUT2D eigenvalue weighted by Gasteiger charge is -2.28. The van der Waals surface area contributed by atoms with Gasteiger partial charge in [0.15, 0.2) is 0 Å². The molecule has 122 valence electrons. The van der Waals surface area contributed by atoms with E-state index in [2.05, 4.69) is 10.3 Å². The largest absolute Gasteiger partial charge is 0.391 e. The number of aliphatic hydroxyl groups is 1. The molecule has 2 atom stereocenters. The van der Waals surface area contributed by atoms with Crippen LogP contribution in [-0.2, 0) is 11.2 Å². The SMILES string of the molecule is O=C(Cc1csc(-c2cccc(F)c2)n1)NC1CCCCC1O. The van der Waals surface area contributed by atoms with Gasteiger partial charge in [-0.05, 0) is 25.0 Å². The minimum Gasteiger partial charge on any atom is -0.391 e. The topological polar surface area (TPSA) is 62.2 Å². The van der Waals surface area contributed by atoms with Crippen LogP contribution in [0.15, 0.2) is 29.6 Å². The number of hydrogen-bond acceptors (Lipinski definition) is 4. The van der Waals surface area contributed by atoms with E-state index >= 15 is 0 Å². The summed E-state index contributed by atoms with van der Waals surface area (Å²) in [4.78, 5) is 16.5. The van der Waals surface area contributed by atoms with E-state index in [-0.39, 0.29) is 24.2 Å². The summed E-state index contributed by atoms with van der Waals surface area (Å²) >= 11 is 1.39. The molecule has 23 heavy (non-hydrogen) atoms. The highest BCUT2D eigenvalue weighted by Crippen LogP contribution is 2.24. The summed E-state index contributed by atoms with van der Waals surface area (Å²) in [6.07, 6.45) is 3.32. The monoisotopic (exact) mass is 334 g/mol. The van der Waals surface area contributed by atoms with Crippen LogP contribution in [0, 0.1) is 5.82 Å². The number of carbonyl (C=O) groups excluding carboxylic acids is 1. The van der Waals surface area contributed by atoms with Crippen LogP contribution in [0.4, 0.5) is 4.39 Å². The van der Waals surface area contributed by atoms with Gasteiger partial charge >= 0.3 is 0 Å². The average molecular weight is 334 g/mol. The number of aromatic nitrogens is 1. The number of halogens is 1. The predicted molar refractivity (Wildman–Crippen MR) is 87.6 cm³/mol. The first-order valence-corrected chi connectivity index (χ1v) is 8.67. The van der Waals surface area contributed by atoms with Gasteiger partial charge in [-0.3, -0.25) is 4.79 Å². The molecule has 2 N–H and O–H groups in total. The molecule has 4 nitrogen and oxygen atoms in total. The highest BCUT2D eigenvalue weighted by molar-refractivity contribution is 7.13. The third-order valence-electron chi connectivity index (χ3n) is 4.04. The van der Waals surface area contributed by atoms with Crippen molar-refractivity contribution >= 4 is 17.2 Å². The second-order valence-electron chi connectivity index (χ2n) is 5.86. The number of hydrogen-bond donors (Lipinski definition) is 2. The fourth-order valence-electron chi connectivity index (χ4n) is 2.84. The number of amides is 1. The van der Waals surface area contributed by atoms with E-state index in [1.165, 1.54) is 23.5 Å². The van der Waals surface area contributed by atoms with Crippen molar-refractivity contribution in [1.82, 2.24) is 10.3 Å². The quantitative estimate of drug-likeness (QED) is 0.904. The number of rotatable bonds is 4. The normalized spacial score (nSPS) is 21.1. The Morgan fingerprint density at radius 3 is 3.00 bits per heavy atom. The lowest BCUT2D eigenvalue weighted by molar-refractivity contribution is -0.122. The Morgan fingerprint density at radius 2 is 2.22 bits per heavy atom. The summed E-state index contributed by atoms with van der Waals surface area (Å²) in [6.45, 7) is 0. The van der Waals surface area contributed by atoms with Crippen molar-refractivity contribution in [3.63, 3.8) is 0 Å². The second kappa shape index (κ2) is 7.19. The molecule has 1 aromatic carbocycles. The van der Waals surface area contributed by atoms with Gasteiger partial charge in [-0.2, -0.15) is 0 Å². The van der Waals surface area contributed by atoms with Crippen LogP contribution in [-0.4, -0.2) is 28.1 Å².